The van der Waals surface area contributed by atoms with E-state index in [4.69, 9.17) is 9.84 Å². The number of para-hydroxylation sites is 1. The van der Waals surface area contributed by atoms with Gasteiger partial charge in [-0.3, -0.25) is 0 Å². The second-order valence-electron chi connectivity index (χ2n) is 6.94. The summed E-state index contributed by atoms with van der Waals surface area (Å²) in [4.78, 5) is 11.0. The lowest BCUT2D eigenvalue weighted by Gasteiger charge is -2.08. The Morgan fingerprint density at radius 3 is 2.50 bits per heavy atom. The molecule has 144 valence electrons. The zero-order valence-corrected chi connectivity index (χ0v) is 16.1. The second kappa shape index (κ2) is 9.04. The Kier molecular flexibility index (Phi) is 6.27. The van der Waals surface area contributed by atoms with E-state index < -0.39 is 5.97 Å². The minimum atomic E-state index is -0.993. The highest BCUT2D eigenvalue weighted by atomic mass is 16.5. The fourth-order valence-electron chi connectivity index (χ4n) is 2.73. The van der Waals surface area contributed by atoms with Gasteiger partial charge in [0.25, 0.3) is 0 Å². The summed E-state index contributed by atoms with van der Waals surface area (Å²) in [7, 11) is 0. The van der Waals surface area contributed by atoms with Crippen LogP contribution in [0.4, 0.5) is 0 Å². The molecule has 0 saturated heterocycles. The van der Waals surface area contributed by atoms with E-state index in [1.165, 1.54) is 0 Å². The molecule has 0 bridgehead atoms. The molecule has 0 amide bonds. The molecular weight excluding hydrogens is 352 g/mol. The van der Waals surface area contributed by atoms with Crippen LogP contribution in [0, 0.1) is 5.92 Å². The zero-order chi connectivity index (χ0) is 19.9. The third kappa shape index (κ3) is 5.10. The molecule has 0 atom stereocenters. The molecule has 0 aliphatic carbocycles. The van der Waals surface area contributed by atoms with E-state index in [0.717, 1.165) is 40.8 Å². The number of aliphatic carboxylic acids is 1. The highest BCUT2D eigenvalue weighted by Crippen LogP contribution is 2.27. The van der Waals surface area contributed by atoms with Crippen molar-refractivity contribution >= 4 is 12.0 Å². The third-order valence-corrected chi connectivity index (χ3v) is 4.26. The first-order chi connectivity index (χ1) is 13.5. The van der Waals surface area contributed by atoms with E-state index in [1.807, 2.05) is 60.8 Å². The Hall–Kier alpha value is -3.34. The summed E-state index contributed by atoms with van der Waals surface area (Å²) in [5.41, 5.74) is 3.26. The van der Waals surface area contributed by atoms with Gasteiger partial charge in [-0.25, -0.2) is 9.48 Å². The number of carboxylic acids is 1. The topological polar surface area (TPSA) is 64.4 Å². The minimum Gasteiger partial charge on any atom is -0.494 e. The van der Waals surface area contributed by atoms with E-state index in [-0.39, 0.29) is 0 Å². The smallest absolute Gasteiger partial charge is 0.328 e. The fraction of sp³-hybridized carbons (Fsp3) is 0.217. The van der Waals surface area contributed by atoms with Crippen molar-refractivity contribution < 1.29 is 14.6 Å². The lowest BCUT2D eigenvalue weighted by atomic mass is 10.1. The molecule has 0 unspecified atom stereocenters. The molecule has 5 nitrogen and oxygen atoms in total. The van der Waals surface area contributed by atoms with E-state index >= 15 is 0 Å². The fourth-order valence-corrected chi connectivity index (χ4v) is 2.73. The second-order valence-corrected chi connectivity index (χ2v) is 6.94. The van der Waals surface area contributed by atoms with Gasteiger partial charge in [0.2, 0.25) is 0 Å². The SMILES string of the molecule is CC(C)CCOc1ccc(-c2nn(-c3ccccc3)cc2C=CC(=O)O)cc1. The highest BCUT2D eigenvalue weighted by molar-refractivity contribution is 5.87. The van der Waals surface area contributed by atoms with Crippen LogP contribution in [0.1, 0.15) is 25.8 Å². The van der Waals surface area contributed by atoms with Crippen LogP contribution in [0.5, 0.6) is 5.75 Å². The van der Waals surface area contributed by atoms with Crippen LogP contribution in [-0.2, 0) is 4.79 Å². The number of carboxylic acid groups (broad SMARTS) is 1. The number of hydrogen-bond donors (Lipinski definition) is 1. The lowest BCUT2D eigenvalue weighted by molar-refractivity contribution is -0.131. The summed E-state index contributed by atoms with van der Waals surface area (Å²) in [6.45, 7) is 5.02. The summed E-state index contributed by atoms with van der Waals surface area (Å²) in [5.74, 6) is 0.423. The van der Waals surface area contributed by atoms with Gasteiger partial charge < -0.3 is 9.84 Å². The Bertz CT molecular complexity index is 942. The van der Waals surface area contributed by atoms with Crippen molar-refractivity contribution in [3.8, 4) is 22.7 Å². The number of rotatable bonds is 8. The van der Waals surface area contributed by atoms with E-state index in [0.29, 0.717) is 12.5 Å². The number of aromatic nitrogens is 2. The van der Waals surface area contributed by atoms with Crippen LogP contribution in [0.2, 0.25) is 0 Å². The molecule has 28 heavy (non-hydrogen) atoms. The average Bonchev–Trinajstić information content (AvgIpc) is 3.12. The Morgan fingerprint density at radius 1 is 1.14 bits per heavy atom. The van der Waals surface area contributed by atoms with Crippen molar-refractivity contribution in [2.75, 3.05) is 6.61 Å². The number of ether oxygens (including phenoxy) is 1. The summed E-state index contributed by atoms with van der Waals surface area (Å²) >= 11 is 0. The van der Waals surface area contributed by atoms with Gasteiger partial charge in [0.1, 0.15) is 5.75 Å². The van der Waals surface area contributed by atoms with Crippen LogP contribution < -0.4 is 4.74 Å². The van der Waals surface area contributed by atoms with Crippen LogP contribution >= 0.6 is 0 Å². The maximum absolute atomic E-state index is 11.0. The first-order valence-electron chi connectivity index (χ1n) is 9.32. The maximum Gasteiger partial charge on any atom is 0.328 e. The first kappa shape index (κ1) is 19.4. The van der Waals surface area contributed by atoms with Gasteiger partial charge in [-0.05, 0) is 54.8 Å². The van der Waals surface area contributed by atoms with Gasteiger partial charge in [-0.15, -0.1) is 0 Å². The van der Waals surface area contributed by atoms with Crippen molar-refractivity contribution in [2.24, 2.45) is 5.92 Å². The predicted molar refractivity (Wildman–Crippen MR) is 111 cm³/mol. The first-order valence-corrected chi connectivity index (χ1v) is 9.32. The molecule has 0 spiro atoms. The van der Waals surface area contributed by atoms with Crippen molar-refractivity contribution in [1.29, 1.82) is 0 Å². The van der Waals surface area contributed by atoms with Crippen LogP contribution in [0.25, 0.3) is 23.0 Å². The normalized spacial score (nSPS) is 11.2. The van der Waals surface area contributed by atoms with E-state index in [1.54, 1.807) is 10.8 Å². The largest absolute Gasteiger partial charge is 0.494 e. The third-order valence-electron chi connectivity index (χ3n) is 4.26. The van der Waals surface area contributed by atoms with E-state index in [9.17, 15) is 4.79 Å². The molecule has 0 saturated carbocycles. The molecule has 0 radical (unpaired) electrons. The summed E-state index contributed by atoms with van der Waals surface area (Å²) in [6, 6.07) is 17.4. The van der Waals surface area contributed by atoms with Crippen LogP contribution in [-0.4, -0.2) is 27.5 Å². The van der Waals surface area contributed by atoms with Gasteiger partial charge in [-0.2, -0.15) is 5.10 Å². The molecule has 5 heteroatoms. The van der Waals surface area contributed by atoms with Crippen LogP contribution in [0.3, 0.4) is 0 Å². The number of carbonyl (C=O) groups is 1. The number of benzene rings is 2. The molecule has 1 heterocycles. The molecule has 0 aliphatic heterocycles. The van der Waals surface area contributed by atoms with Crippen molar-refractivity contribution in [3.63, 3.8) is 0 Å². The maximum atomic E-state index is 11.0. The molecule has 1 N–H and O–H groups in total. The summed E-state index contributed by atoms with van der Waals surface area (Å²) in [5, 5.41) is 13.7. The molecule has 1 aromatic heterocycles. The van der Waals surface area contributed by atoms with Gasteiger partial charge in [0, 0.05) is 23.4 Å². The molecule has 3 aromatic rings. The molecule has 0 fully saturated rings. The Labute approximate surface area is 164 Å². The Balaban J connectivity index is 1.89. The quantitative estimate of drug-likeness (QED) is 0.558. The van der Waals surface area contributed by atoms with Gasteiger partial charge >= 0.3 is 5.97 Å². The average molecular weight is 376 g/mol. The van der Waals surface area contributed by atoms with Crippen LogP contribution in [0.15, 0.2) is 66.9 Å². The summed E-state index contributed by atoms with van der Waals surface area (Å²) in [6.07, 6.45) is 5.53. The molecule has 2 aromatic carbocycles. The number of nitrogens with zero attached hydrogens (tertiary/aromatic N) is 2. The summed E-state index contributed by atoms with van der Waals surface area (Å²) < 4.78 is 7.53. The predicted octanol–water partition coefficient (Wildman–Crippen LogP) is 5.06. The monoisotopic (exact) mass is 376 g/mol. The van der Waals surface area contributed by atoms with Crippen molar-refractivity contribution in [2.45, 2.75) is 20.3 Å². The van der Waals surface area contributed by atoms with Gasteiger partial charge in [0.15, 0.2) is 0 Å². The lowest BCUT2D eigenvalue weighted by Crippen LogP contribution is -2.01. The van der Waals surface area contributed by atoms with E-state index in [2.05, 4.69) is 18.9 Å². The Morgan fingerprint density at radius 2 is 1.86 bits per heavy atom. The minimum absolute atomic E-state index is 0.602. The number of hydrogen-bond acceptors (Lipinski definition) is 3. The standard InChI is InChI=1S/C23H24N2O3/c1-17(2)14-15-28-21-11-8-18(9-12-21)23-19(10-13-22(26)27)16-25(24-23)20-6-4-3-5-7-20/h3-13,16-17H,14-15H2,1-2H3,(H,26,27). The molecule has 0 aliphatic rings. The zero-order valence-electron chi connectivity index (χ0n) is 16.1. The molecular formula is C23H24N2O3. The molecule has 3 rings (SSSR count). The van der Waals surface area contributed by atoms with Crippen molar-refractivity contribution in [3.05, 3.63) is 72.4 Å². The van der Waals surface area contributed by atoms with Gasteiger partial charge in [0.05, 0.1) is 18.0 Å². The van der Waals surface area contributed by atoms with Crippen molar-refractivity contribution in [1.82, 2.24) is 9.78 Å². The highest BCUT2D eigenvalue weighted by Gasteiger charge is 2.11. The van der Waals surface area contributed by atoms with Gasteiger partial charge in [-0.1, -0.05) is 32.0 Å².